The van der Waals surface area contributed by atoms with Gasteiger partial charge in [-0.1, -0.05) is 20.8 Å². The molecule has 0 bridgehead atoms. The molecule has 1 heterocycles. The molecule has 3 heteroatoms. The van der Waals surface area contributed by atoms with Crippen molar-refractivity contribution in [2.75, 3.05) is 0 Å². The van der Waals surface area contributed by atoms with Gasteiger partial charge in [0.1, 0.15) is 5.82 Å². The van der Waals surface area contributed by atoms with Gasteiger partial charge in [-0.05, 0) is 32.1 Å². The van der Waals surface area contributed by atoms with Crippen LogP contribution in [0, 0.1) is 19.3 Å². The molecule has 0 saturated heterocycles. The standard InChI is InChI=1S/C15H25N3/c1-10-13(9-16-12-6-7-12)11(2)18-14(17-10)8-15(3,4)5/h12,16H,6-9H2,1-5H3. The highest BCUT2D eigenvalue weighted by molar-refractivity contribution is 5.24. The third-order valence-electron chi connectivity index (χ3n) is 3.30. The van der Waals surface area contributed by atoms with Crippen molar-refractivity contribution < 1.29 is 0 Å². The molecular weight excluding hydrogens is 222 g/mol. The Kier molecular flexibility index (Phi) is 3.71. The van der Waals surface area contributed by atoms with Crippen LogP contribution in [0.3, 0.4) is 0 Å². The van der Waals surface area contributed by atoms with Gasteiger partial charge in [0, 0.05) is 36.0 Å². The number of nitrogens with one attached hydrogen (secondary N) is 1. The Balaban J connectivity index is 2.11. The molecule has 100 valence electrons. The summed E-state index contributed by atoms with van der Waals surface area (Å²) in [6.45, 7) is 11.8. The van der Waals surface area contributed by atoms with E-state index in [1.165, 1.54) is 18.4 Å². The summed E-state index contributed by atoms with van der Waals surface area (Å²) in [5, 5.41) is 3.54. The topological polar surface area (TPSA) is 37.8 Å². The van der Waals surface area contributed by atoms with Gasteiger partial charge in [0.05, 0.1) is 0 Å². The molecule has 0 unspecified atom stereocenters. The lowest BCUT2D eigenvalue weighted by molar-refractivity contribution is 0.399. The highest BCUT2D eigenvalue weighted by atomic mass is 15.0. The predicted molar refractivity (Wildman–Crippen MR) is 74.5 cm³/mol. The Morgan fingerprint density at radius 3 is 2.11 bits per heavy atom. The first-order valence-corrected chi connectivity index (χ1v) is 6.91. The Morgan fingerprint density at radius 2 is 1.67 bits per heavy atom. The smallest absolute Gasteiger partial charge is 0.129 e. The van der Waals surface area contributed by atoms with Crippen LogP contribution in [-0.4, -0.2) is 16.0 Å². The van der Waals surface area contributed by atoms with Crippen LogP contribution in [0.5, 0.6) is 0 Å². The lowest BCUT2D eigenvalue weighted by Crippen LogP contribution is -2.20. The van der Waals surface area contributed by atoms with Gasteiger partial charge in [-0.3, -0.25) is 0 Å². The molecule has 2 rings (SSSR count). The molecule has 1 saturated carbocycles. The highest BCUT2D eigenvalue weighted by Crippen LogP contribution is 2.22. The Labute approximate surface area is 110 Å². The summed E-state index contributed by atoms with van der Waals surface area (Å²) in [5.41, 5.74) is 3.79. The Bertz CT molecular complexity index is 405. The molecule has 3 nitrogen and oxygen atoms in total. The van der Waals surface area contributed by atoms with Crippen LogP contribution in [0.15, 0.2) is 0 Å². The van der Waals surface area contributed by atoms with E-state index in [-0.39, 0.29) is 5.41 Å². The molecule has 0 amide bonds. The quantitative estimate of drug-likeness (QED) is 0.889. The molecule has 0 spiro atoms. The van der Waals surface area contributed by atoms with Crippen molar-refractivity contribution in [3.63, 3.8) is 0 Å². The van der Waals surface area contributed by atoms with Crippen LogP contribution in [0.4, 0.5) is 0 Å². The van der Waals surface area contributed by atoms with Crippen molar-refractivity contribution in [2.24, 2.45) is 5.41 Å². The number of rotatable bonds is 4. The molecule has 1 aliphatic carbocycles. The maximum atomic E-state index is 4.67. The second kappa shape index (κ2) is 4.96. The summed E-state index contributed by atoms with van der Waals surface area (Å²) in [6, 6.07) is 0.734. The fourth-order valence-corrected chi connectivity index (χ4v) is 2.15. The van der Waals surface area contributed by atoms with Crippen LogP contribution in [-0.2, 0) is 13.0 Å². The normalized spacial score (nSPS) is 16.1. The molecule has 1 aromatic heterocycles. The van der Waals surface area contributed by atoms with Gasteiger partial charge in [0.25, 0.3) is 0 Å². The molecule has 1 N–H and O–H groups in total. The molecule has 18 heavy (non-hydrogen) atoms. The molecule has 1 aromatic rings. The monoisotopic (exact) mass is 247 g/mol. The van der Waals surface area contributed by atoms with Crippen LogP contribution < -0.4 is 5.32 Å². The van der Waals surface area contributed by atoms with Gasteiger partial charge in [-0.2, -0.15) is 0 Å². The van der Waals surface area contributed by atoms with Crippen LogP contribution in [0.25, 0.3) is 0 Å². The second-order valence-corrected chi connectivity index (χ2v) is 6.68. The summed E-state index contributed by atoms with van der Waals surface area (Å²) in [7, 11) is 0. The molecule has 0 radical (unpaired) electrons. The van der Waals surface area contributed by atoms with E-state index in [0.717, 1.165) is 36.2 Å². The van der Waals surface area contributed by atoms with E-state index in [0.29, 0.717) is 0 Å². The summed E-state index contributed by atoms with van der Waals surface area (Å²) in [6.07, 6.45) is 3.58. The number of hydrogen-bond acceptors (Lipinski definition) is 3. The summed E-state index contributed by atoms with van der Waals surface area (Å²) in [4.78, 5) is 9.33. The first-order chi connectivity index (χ1) is 8.35. The zero-order valence-corrected chi connectivity index (χ0v) is 12.3. The van der Waals surface area contributed by atoms with Gasteiger partial charge in [0.2, 0.25) is 0 Å². The van der Waals surface area contributed by atoms with E-state index >= 15 is 0 Å². The number of hydrogen-bond donors (Lipinski definition) is 1. The lowest BCUT2D eigenvalue weighted by atomic mass is 9.92. The third kappa shape index (κ3) is 3.77. The molecule has 0 aliphatic heterocycles. The summed E-state index contributed by atoms with van der Waals surface area (Å²) >= 11 is 0. The molecule has 1 aliphatic rings. The number of aromatic nitrogens is 2. The number of nitrogens with zero attached hydrogens (tertiary/aromatic N) is 2. The highest BCUT2D eigenvalue weighted by Gasteiger charge is 2.21. The van der Waals surface area contributed by atoms with Gasteiger partial charge in [-0.15, -0.1) is 0 Å². The van der Waals surface area contributed by atoms with E-state index in [9.17, 15) is 0 Å². The molecular formula is C15H25N3. The number of aryl methyl sites for hydroxylation is 2. The van der Waals surface area contributed by atoms with E-state index in [4.69, 9.17) is 0 Å². The van der Waals surface area contributed by atoms with E-state index < -0.39 is 0 Å². The van der Waals surface area contributed by atoms with E-state index in [2.05, 4.69) is 49.9 Å². The largest absolute Gasteiger partial charge is 0.310 e. The fourth-order valence-electron chi connectivity index (χ4n) is 2.15. The average Bonchev–Trinajstić information content (AvgIpc) is 2.97. The Hall–Kier alpha value is -0.960. The zero-order valence-electron chi connectivity index (χ0n) is 12.3. The minimum Gasteiger partial charge on any atom is -0.310 e. The molecule has 0 aromatic carbocycles. The first kappa shape index (κ1) is 13.5. The maximum Gasteiger partial charge on any atom is 0.129 e. The minimum absolute atomic E-state index is 0.243. The maximum absolute atomic E-state index is 4.67. The van der Waals surface area contributed by atoms with E-state index in [1.807, 2.05) is 0 Å². The molecule has 0 atom stereocenters. The zero-order chi connectivity index (χ0) is 13.3. The summed E-state index contributed by atoms with van der Waals surface area (Å²) < 4.78 is 0. The SMILES string of the molecule is Cc1nc(CC(C)(C)C)nc(C)c1CNC1CC1. The second-order valence-electron chi connectivity index (χ2n) is 6.68. The van der Waals surface area contributed by atoms with Crippen molar-refractivity contribution in [2.45, 2.75) is 66.5 Å². The van der Waals surface area contributed by atoms with Crippen molar-refractivity contribution in [3.8, 4) is 0 Å². The van der Waals surface area contributed by atoms with E-state index in [1.54, 1.807) is 0 Å². The first-order valence-electron chi connectivity index (χ1n) is 6.91. The third-order valence-corrected chi connectivity index (χ3v) is 3.30. The minimum atomic E-state index is 0.243. The Morgan fingerprint density at radius 1 is 1.11 bits per heavy atom. The van der Waals surface area contributed by atoms with Gasteiger partial charge in [-0.25, -0.2) is 9.97 Å². The fraction of sp³-hybridized carbons (Fsp3) is 0.733. The van der Waals surface area contributed by atoms with Gasteiger partial charge >= 0.3 is 0 Å². The van der Waals surface area contributed by atoms with Crippen molar-refractivity contribution in [1.29, 1.82) is 0 Å². The average molecular weight is 247 g/mol. The van der Waals surface area contributed by atoms with Crippen molar-refractivity contribution in [1.82, 2.24) is 15.3 Å². The van der Waals surface area contributed by atoms with Crippen LogP contribution in [0.2, 0.25) is 0 Å². The van der Waals surface area contributed by atoms with Crippen LogP contribution in [0.1, 0.15) is 56.4 Å². The van der Waals surface area contributed by atoms with Gasteiger partial charge in [0.15, 0.2) is 0 Å². The lowest BCUT2D eigenvalue weighted by Gasteiger charge is -2.18. The van der Waals surface area contributed by atoms with Crippen molar-refractivity contribution >= 4 is 0 Å². The summed E-state index contributed by atoms with van der Waals surface area (Å²) in [5.74, 6) is 0.979. The van der Waals surface area contributed by atoms with Crippen molar-refractivity contribution in [3.05, 3.63) is 22.8 Å². The molecule has 1 fully saturated rings. The van der Waals surface area contributed by atoms with Crippen LogP contribution >= 0.6 is 0 Å². The van der Waals surface area contributed by atoms with Gasteiger partial charge < -0.3 is 5.32 Å². The predicted octanol–water partition coefficient (Wildman–Crippen LogP) is 2.93.